The normalized spacial score (nSPS) is 23.4. The quantitative estimate of drug-likeness (QED) is 0.625. The summed E-state index contributed by atoms with van der Waals surface area (Å²) in [5.74, 6) is -1.93. The first-order chi connectivity index (χ1) is 9.86. The van der Waals surface area contributed by atoms with Crippen molar-refractivity contribution < 1.29 is 24.2 Å². The number of ether oxygens (including phenoxy) is 1. The Bertz CT molecular complexity index is 401. The van der Waals surface area contributed by atoms with E-state index >= 15 is 0 Å². The highest BCUT2D eigenvalue weighted by molar-refractivity contribution is 5.83. The van der Waals surface area contributed by atoms with Crippen LogP contribution in [-0.4, -0.2) is 60.3 Å². The molecule has 1 fully saturated rings. The van der Waals surface area contributed by atoms with Crippen molar-refractivity contribution in [1.29, 1.82) is 0 Å². The first-order valence-corrected chi connectivity index (χ1v) is 6.95. The average Bonchev–Trinajstić information content (AvgIpc) is 2.42. The predicted molar refractivity (Wildman–Crippen MR) is 74.5 cm³/mol. The molecule has 1 heterocycles. The molecule has 3 unspecified atom stereocenters. The van der Waals surface area contributed by atoms with Crippen molar-refractivity contribution >= 4 is 17.9 Å². The molecule has 0 aromatic carbocycles. The summed E-state index contributed by atoms with van der Waals surface area (Å²) in [7, 11) is 1.46. The molecular formula is C13H23N3O5. The molecule has 3 atom stereocenters. The van der Waals surface area contributed by atoms with Gasteiger partial charge in [-0.2, -0.15) is 0 Å². The van der Waals surface area contributed by atoms with Crippen molar-refractivity contribution in [2.45, 2.75) is 38.3 Å². The lowest BCUT2D eigenvalue weighted by atomic mass is 9.93. The molecule has 4 N–H and O–H groups in total. The highest BCUT2D eigenvalue weighted by Gasteiger charge is 2.33. The van der Waals surface area contributed by atoms with Gasteiger partial charge >= 0.3 is 12.0 Å². The molecule has 1 rings (SSSR count). The lowest BCUT2D eigenvalue weighted by Crippen LogP contribution is -2.55. The number of nitrogens with one attached hydrogen (secondary N) is 1. The van der Waals surface area contributed by atoms with Crippen LogP contribution in [0.5, 0.6) is 0 Å². The summed E-state index contributed by atoms with van der Waals surface area (Å²) in [6.07, 6.45) is 1.49. The molecule has 0 aromatic heterocycles. The Labute approximate surface area is 123 Å². The number of methoxy groups -OCH3 is 1. The molecule has 21 heavy (non-hydrogen) atoms. The van der Waals surface area contributed by atoms with Gasteiger partial charge in [-0.1, -0.05) is 0 Å². The van der Waals surface area contributed by atoms with Crippen LogP contribution >= 0.6 is 0 Å². The van der Waals surface area contributed by atoms with Gasteiger partial charge in [0.05, 0.1) is 5.92 Å². The predicted octanol–water partition coefficient (Wildman–Crippen LogP) is -0.228. The van der Waals surface area contributed by atoms with Gasteiger partial charge in [-0.25, -0.2) is 9.59 Å². The number of hydrogen-bond acceptors (Lipinski definition) is 4. The summed E-state index contributed by atoms with van der Waals surface area (Å²) in [5.41, 5.74) is 5.28. The second-order valence-electron chi connectivity index (χ2n) is 5.30. The molecule has 3 amide bonds. The summed E-state index contributed by atoms with van der Waals surface area (Å²) in [4.78, 5) is 36.1. The molecular weight excluding hydrogens is 278 g/mol. The Hall–Kier alpha value is -1.83. The number of carbonyl (C=O) groups excluding carboxylic acids is 2. The number of nitrogens with two attached hydrogens (primary N) is 1. The van der Waals surface area contributed by atoms with Crippen molar-refractivity contribution in [2.75, 3.05) is 20.3 Å². The number of carboxylic acid groups (broad SMARTS) is 1. The van der Waals surface area contributed by atoms with E-state index in [1.165, 1.54) is 12.0 Å². The standard InChI is InChI=1S/C13H23N3O5/c1-8-3-4-9(11(14)17)7-16(8)13(20)15-10(12(18)19)5-6-21-2/h8-10H,3-7H2,1-2H3,(H2,14,17)(H,15,20)(H,18,19). The number of hydrogen-bond donors (Lipinski definition) is 3. The van der Waals surface area contributed by atoms with E-state index in [-0.39, 0.29) is 31.5 Å². The van der Waals surface area contributed by atoms with Crippen LogP contribution in [0.1, 0.15) is 26.2 Å². The number of urea groups is 1. The number of nitrogens with zero attached hydrogens (tertiary/aromatic N) is 1. The molecule has 8 heteroatoms. The van der Waals surface area contributed by atoms with E-state index in [4.69, 9.17) is 15.6 Å². The molecule has 1 aliphatic rings. The Morgan fingerprint density at radius 3 is 2.62 bits per heavy atom. The van der Waals surface area contributed by atoms with Gasteiger partial charge in [0.15, 0.2) is 0 Å². The number of aliphatic carboxylic acids is 1. The molecule has 8 nitrogen and oxygen atoms in total. The second-order valence-corrected chi connectivity index (χ2v) is 5.30. The van der Waals surface area contributed by atoms with Gasteiger partial charge in [-0.3, -0.25) is 4.79 Å². The van der Waals surface area contributed by atoms with E-state index in [9.17, 15) is 14.4 Å². The fourth-order valence-corrected chi connectivity index (χ4v) is 2.35. The summed E-state index contributed by atoms with van der Waals surface area (Å²) < 4.78 is 4.83. The van der Waals surface area contributed by atoms with Gasteiger partial charge in [0.25, 0.3) is 0 Å². The van der Waals surface area contributed by atoms with E-state index in [0.717, 1.165) is 0 Å². The van der Waals surface area contributed by atoms with Gasteiger partial charge in [-0.05, 0) is 19.8 Å². The van der Waals surface area contributed by atoms with E-state index < -0.39 is 23.9 Å². The van der Waals surface area contributed by atoms with E-state index in [0.29, 0.717) is 12.8 Å². The minimum Gasteiger partial charge on any atom is -0.480 e. The zero-order valence-corrected chi connectivity index (χ0v) is 12.4. The summed E-state index contributed by atoms with van der Waals surface area (Å²) in [5, 5.41) is 11.6. The number of carbonyl (C=O) groups is 3. The lowest BCUT2D eigenvalue weighted by molar-refractivity contribution is -0.139. The van der Waals surface area contributed by atoms with Crippen molar-refractivity contribution in [3.05, 3.63) is 0 Å². The van der Waals surface area contributed by atoms with Gasteiger partial charge in [0, 0.05) is 32.7 Å². The monoisotopic (exact) mass is 301 g/mol. The highest BCUT2D eigenvalue weighted by Crippen LogP contribution is 2.21. The number of rotatable bonds is 6. The third-order valence-corrected chi connectivity index (χ3v) is 3.75. The average molecular weight is 301 g/mol. The SMILES string of the molecule is COCCC(NC(=O)N1CC(C(N)=O)CCC1C)C(=O)O. The summed E-state index contributed by atoms with van der Waals surface area (Å²) >= 11 is 0. The Morgan fingerprint density at radius 1 is 1.43 bits per heavy atom. The topological polar surface area (TPSA) is 122 Å². The van der Waals surface area contributed by atoms with Gasteiger partial charge in [0.2, 0.25) is 5.91 Å². The van der Waals surface area contributed by atoms with Gasteiger partial charge in [0.1, 0.15) is 6.04 Å². The lowest BCUT2D eigenvalue weighted by Gasteiger charge is -2.37. The first kappa shape index (κ1) is 17.2. The maximum atomic E-state index is 12.2. The Kier molecular flexibility index (Phi) is 6.41. The fourth-order valence-electron chi connectivity index (χ4n) is 2.35. The van der Waals surface area contributed by atoms with E-state index in [2.05, 4.69) is 5.32 Å². The third-order valence-electron chi connectivity index (χ3n) is 3.75. The van der Waals surface area contributed by atoms with Crippen LogP contribution in [0.25, 0.3) is 0 Å². The summed E-state index contributed by atoms with van der Waals surface area (Å²) in [6, 6.07) is -1.56. The Balaban J connectivity index is 2.66. The molecule has 0 bridgehead atoms. The summed E-state index contributed by atoms with van der Waals surface area (Å²) in [6.45, 7) is 2.32. The smallest absolute Gasteiger partial charge is 0.326 e. The van der Waals surface area contributed by atoms with Crippen LogP contribution in [-0.2, 0) is 14.3 Å². The largest absolute Gasteiger partial charge is 0.480 e. The van der Waals surface area contributed by atoms with Crippen LogP contribution in [0.4, 0.5) is 4.79 Å². The van der Waals surface area contributed by atoms with Crippen LogP contribution in [0, 0.1) is 5.92 Å². The van der Waals surface area contributed by atoms with Gasteiger partial charge in [-0.15, -0.1) is 0 Å². The highest BCUT2D eigenvalue weighted by atomic mass is 16.5. The third kappa shape index (κ3) is 4.89. The van der Waals surface area contributed by atoms with Crippen LogP contribution in [0.3, 0.4) is 0 Å². The maximum absolute atomic E-state index is 12.2. The number of likely N-dealkylation sites (tertiary alicyclic amines) is 1. The zero-order valence-electron chi connectivity index (χ0n) is 12.4. The van der Waals surface area contributed by atoms with Crippen LogP contribution in [0.2, 0.25) is 0 Å². The van der Waals surface area contributed by atoms with Gasteiger partial charge < -0.3 is 25.8 Å². The molecule has 0 aliphatic carbocycles. The zero-order chi connectivity index (χ0) is 16.0. The first-order valence-electron chi connectivity index (χ1n) is 6.95. The van der Waals surface area contributed by atoms with Crippen LogP contribution < -0.4 is 11.1 Å². The minimum absolute atomic E-state index is 0.0579. The molecule has 120 valence electrons. The molecule has 0 saturated carbocycles. The van der Waals surface area contributed by atoms with Crippen molar-refractivity contribution in [3.63, 3.8) is 0 Å². The van der Waals surface area contributed by atoms with Crippen molar-refractivity contribution in [3.8, 4) is 0 Å². The number of amides is 3. The molecule has 1 saturated heterocycles. The number of piperidine rings is 1. The second kappa shape index (κ2) is 7.82. The van der Waals surface area contributed by atoms with Crippen LogP contribution in [0.15, 0.2) is 0 Å². The van der Waals surface area contributed by atoms with E-state index in [1.807, 2.05) is 6.92 Å². The molecule has 0 radical (unpaired) electrons. The number of carboxylic acids is 1. The molecule has 1 aliphatic heterocycles. The maximum Gasteiger partial charge on any atom is 0.326 e. The number of primary amides is 1. The van der Waals surface area contributed by atoms with Crippen molar-refractivity contribution in [1.82, 2.24) is 10.2 Å². The van der Waals surface area contributed by atoms with Crippen molar-refractivity contribution in [2.24, 2.45) is 11.7 Å². The molecule has 0 spiro atoms. The van der Waals surface area contributed by atoms with E-state index in [1.54, 1.807) is 0 Å². The molecule has 0 aromatic rings. The minimum atomic E-state index is -1.11. The Morgan fingerprint density at radius 2 is 2.10 bits per heavy atom. The fraction of sp³-hybridized carbons (Fsp3) is 0.769.